The molecule has 3 N–H and O–H groups in total. The molecule has 0 aromatic heterocycles. The third-order valence-corrected chi connectivity index (χ3v) is 4.61. The molecule has 0 radical (unpaired) electrons. The number of halogens is 1. The van der Waals surface area contributed by atoms with Gasteiger partial charge < -0.3 is 24.3 Å². The van der Waals surface area contributed by atoms with Crippen LogP contribution in [0.3, 0.4) is 0 Å². The zero-order valence-corrected chi connectivity index (χ0v) is 17.5. The number of para-hydroxylation sites is 2. The van der Waals surface area contributed by atoms with E-state index in [-0.39, 0.29) is 11.5 Å². The molecular weight excluding hydrogens is 417 g/mol. The van der Waals surface area contributed by atoms with Gasteiger partial charge in [0.2, 0.25) is 0 Å². The van der Waals surface area contributed by atoms with Crippen LogP contribution in [-0.2, 0) is 4.57 Å². The normalized spacial score (nSPS) is 10.3. The topological polar surface area (TPSA) is 100 Å². The highest BCUT2D eigenvalue weighted by molar-refractivity contribution is 7.48. The van der Waals surface area contributed by atoms with Crippen molar-refractivity contribution in [1.82, 2.24) is 0 Å². The van der Waals surface area contributed by atoms with Crippen molar-refractivity contribution in [3.05, 3.63) is 77.8 Å². The Labute approximate surface area is 174 Å². The van der Waals surface area contributed by atoms with E-state index in [0.29, 0.717) is 22.2 Å². The molecule has 0 bridgehead atoms. The van der Waals surface area contributed by atoms with Crippen LogP contribution in [0.15, 0.2) is 72.8 Å². The van der Waals surface area contributed by atoms with E-state index >= 15 is 0 Å². The van der Waals surface area contributed by atoms with Crippen LogP contribution in [-0.4, -0.2) is 19.1 Å². The zero-order chi connectivity index (χ0) is 21.3. The first-order chi connectivity index (χ1) is 13.8. The summed E-state index contributed by atoms with van der Waals surface area (Å²) in [5, 5.41) is 0.489. The van der Waals surface area contributed by atoms with Crippen molar-refractivity contribution >= 4 is 25.1 Å². The van der Waals surface area contributed by atoms with Gasteiger partial charge in [-0.2, -0.15) is 0 Å². The molecule has 0 spiro atoms. The van der Waals surface area contributed by atoms with Gasteiger partial charge >= 0.3 is 7.82 Å². The molecule has 0 heterocycles. The minimum absolute atomic E-state index is 0.286. The van der Waals surface area contributed by atoms with E-state index in [1.165, 1.54) is 14.2 Å². The standard InChI is InChI=1S/C12H11O4P.C8H10ClNO2/c13-17(14,15-11-7-3-1-4-8-11)16-12-9-5-2-6-10-12;1-11-7-4-6(10)8(12-2)3-5(7)9/h1-10H,(H,13,14);3-4H,10H2,1-2H3. The third kappa shape index (κ3) is 7.23. The summed E-state index contributed by atoms with van der Waals surface area (Å²) in [5.74, 6) is 1.68. The van der Waals surface area contributed by atoms with Crippen LogP contribution in [0.5, 0.6) is 23.0 Å². The van der Waals surface area contributed by atoms with Gasteiger partial charge in [0.15, 0.2) is 0 Å². The maximum atomic E-state index is 11.7. The highest BCUT2D eigenvalue weighted by atomic mass is 35.5. The van der Waals surface area contributed by atoms with Crippen molar-refractivity contribution in [2.45, 2.75) is 0 Å². The molecular formula is C20H21ClNO6P. The minimum Gasteiger partial charge on any atom is -0.495 e. The van der Waals surface area contributed by atoms with Crippen molar-refractivity contribution < 1.29 is 28.0 Å². The van der Waals surface area contributed by atoms with Gasteiger partial charge in [-0.15, -0.1) is 0 Å². The van der Waals surface area contributed by atoms with Crippen LogP contribution in [0, 0.1) is 0 Å². The predicted octanol–water partition coefficient (Wildman–Crippen LogP) is 5.18. The van der Waals surface area contributed by atoms with E-state index < -0.39 is 7.82 Å². The molecule has 0 saturated carbocycles. The Morgan fingerprint density at radius 2 is 1.28 bits per heavy atom. The molecule has 3 rings (SSSR count). The average Bonchev–Trinajstić information content (AvgIpc) is 2.70. The SMILES string of the molecule is COc1cc(Cl)c(OC)cc1N.O=P(O)(Oc1ccccc1)Oc1ccccc1. The minimum atomic E-state index is -4.14. The lowest BCUT2D eigenvalue weighted by atomic mass is 10.3. The molecule has 7 nitrogen and oxygen atoms in total. The summed E-state index contributed by atoms with van der Waals surface area (Å²) in [7, 11) is -1.07. The fourth-order valence-corrected chi connectivity index (χ4v) is 3.18. The highest BCUT2D eigenvalue weighted by Crippen LogP contribution is 2.44. The van der Waals surface area contributed by atoms with Crippen molar-refractivity contribution in [1.29, 1.82) is 0 Å². The second-order valence-corrected chi connectivity index (χ2v) is 7.22. The van der Waals surface area contributed by atoms with E-state index in [4.69, 9.17) is 35.9 Å². The van der Waals surface area contributed by atoms with Gasteiger partial charge in [-0.25, -0.2) is 4.57 Å². The number of nitrogens with two attached hydrogens (primary N) is 1. The molecule has 0 unspecified atom stereocenters. The molecule has 29 heavy (non-hydrogen) atoms. The summed E-state index contributed by atoms with van der Waals surface area (Å²) in [6.45, 7) is 0. The Hall–Kier alpha value is -2.86. The monoisotopic (exact) mass is 437 g/mol. The summed E-state index contributed by atoms with van der Waals surface area (Å²) >= 11 is 5.82. The lowest BCUT2D eigenvalue weighted by molar-refractivity contribution is 0.291. The van der Waals surface area contributed by atoms with Gasteiger partial charge in [0.1, 0.15) is 23.0 Å². The fourth-order valence-electron chi connectivity index (χ4n) is 2.13. The van der Waals surface area contributed by atoms with Gasteiger partial charge in [0.25, 0.3) is 0 Å². The van der Waals surface area contributed by atoms with Crippen LogP contribution in [0.4, 0.5) is 5.69 Å². The average molecular weight is 438 g/mol. The predicted molar refractivity (Wildman–Crippen MR) is 113 cm³/mol. The van der Waals surface area contributed by atoms with Crippen molar-refractivity contribution in [2.75, 3.05) is 20.0 Å². The summed E-state index contributed by atoms with van der Waals surface area (Å²) in [6, 6.07) is 20.0. The van der Waals surface area contributed by atoms with E-state index in [9.17, 15) is 9.46 Å². The molecule has 0 aliphatic carbocycles. The second kappa shape index (κ2) is 10.6. The van der Waals surface area contributed by atoms with E-state index in [1.54, 1.807) is 72.8 Å². The summed E-state index contributed by atoms with van der Waals surface area (Å²) < 4.78 is 31.4. The van der Waals surface area contributed by atoms with Crippen LogP contribution in [0.25, 0.3) is 0 Å². The molecule has 0 amide bonds. The molecule has 0 aliphatic heterocycles. The van der Waals surface area contributed by atoms with Gasteiger partial charge in [-0.1, -0.05) is 48.0 Å². The van der Waals surface area contributed by atoms with Crippen molar-refractivity contribution in [3.8, 4) is 23.0 Å². The van der Waals surface area contributed by atoms with Gasteiger partial charge in [-0.05, 0) is 24.3 Å². The number of hydrogen-bond donors (Lipinski definition) is 2. The maximum absolute atomic E-state index is 11.7. The number of nitrogen functional groups attached to an aromatic ring is 1. The first-order valence-corrected chi connectivity index (χ1v) is 10.2. The van der Waals surface area contributed by atoms with Gasteiger partial charge in [0.05, 0.1) is 24.9 Å². The maximum Gasteiger partial charge on any atom is 0.584 e. The largest absolute Gasteiger partial charge is 0.584 e. The lowest BCUT2D eigenvalue weighted by Crippen LogP contribution is -1.99. The number of phosphoric acid groups is 1. The molecule has 3 aromatic rings. The lowest BCUT2D eigenvalue weighted by Gasteiger charge is -2.13. The van der Waals surface area contributed by atoms with Crippen LogP contribution in [0.1, 0.15) is 0 Å². The number of methoxy groups -OCH3 is 2. The number of benzene rings is 3. The Kier molecular flexibility index (Phi) is 8.21. The summed E-state index contributed by atoms with van der Waals surface area (Å²) in [5.41, 5.74) is 6.13. The fraction of sp³-hybridized carbons (Fsp3) is 0.100. The smallest absolute Gasteiger partial charge is 0.495 e. The van der Waals surface area contributed by atoms with Crippen LogP contribution < -0.4 is 24.3 Å². The quantitative estimate of drug-likeness (QED) is 0.404. The zero-order valence-electron chi connectivity index (χ0n) is 15.8. The number of rotatable bonds is 6. The first-order valence-electron chi connectivity index (χ1n) is 8.33. The Morgan fingerprint density at radius 3 is 1.69 bits per heavy atom. The third-order valence-electron chi connectivity index (χ3n) is 3.43. The van der Waals surface area contributed by atoms with Crippen molar-refractivity contribution in [2.24, 2.45) is 0 Å². The Balaban J connectivity index is 0.000000221. The van der Waals surface area contributed by atoms with Crippen molar-refractivity contribution in [3.63, 3.8) is 0 Å². The van der Waals surface area contributed by atoms with Gasteiger partial charge in [0, 0.05) is 12.1 Å². The summed E-state index contributed by atoms with van der Waals surface area (Å²) in [6.07, 6.45) is 0. The van der Waals surface area contributed by atoms with E-state index in [0.717, 1.165) is 0 Å². The van der Waals surface area contributed by atoms with Crippen LogP contribution >= 0.6 is 19.4 Å². The van der Waals surface area contributed by atoms with Crippen LogP contribution in [0.2, 0.25) is 5.02 Å². The molecule has 0 saturated heterocycles. The summed E-state index contributed by atoms with van der Waals surface area (Å²) in [4.78, 5) is 9.53. The highest BCUT2D eigenvalue weighted by Gasteiger charge is 2.24. The Morgan fingerprint density at radius 1 is 0.828 bits per heavy atom. The molecule has 0 fully saturated rings. The molecule has 0 aliphatic rings. The molecule has 9 heteroatoms. The number of phosphoric ester groups is 1. The number of anilines is 1. The molecule has 154 valence electrons. The van der Waals surface area contributed by atoms with E-state index in [1.807, 2.05) is 0 Å². The molecule has 3 aromatic carbocycles. The van der Waals surface area contributed by atoms with E-state index in [2.05, 4.69) is 0 Å². The molecule has 0 atom stereocenters. The number of ether oxygens (including phenoxy) is 2. The van der Waals surface area contributed by atoms with Gasteiger partial charge in [-0.3, -0.25) is 4.89 Å². The second-order valence-electron chi connectivity index (χ2n) is 5.51. The first kappa shape index (κ1) is 22.4. The number of hydrogen-bond acceptors (Lipinski definition) is 6. The Bertz CT molecular complexity index is 881.